The van der Waals surface area contributed by atoms with E-state index in [9.17, 15) is 0 Å². The highest BCUT2D eigenvalue weighted by Gasteiger charge is 2.11. The molecule has 152 valence electrons. The van der Waals surface area contributed by atoms with Gasteiger partial charge in [-0.25, -0.2) is 4.98 Å². The molecule has 0 aliphatic carbocycles. The fourth-order valence-electron chi connectivity index (χ4n) is 2.97. The first kappa shape index (κ1) is 21.0. The second-order valence-electron chi connectivity index (χ2n) is 7.25. The molecule has 0 aliphatic heterocycles. The largest absolute Gasteiger partial charge is 0.354 e. The first-order valence-corrected chi connectivity index (χ1v) is 10.0. The van der Waals surface area contributed by atoms with E-state index in [1.807, 2.05) is 50.2 Å². The summed E-state index contributed by atoms with van der Waals surface area (Å²) in [7, 11) is 4.13. The summed E-state index contributed by atoms with van der Waals surface area (Å²) in [5.41, 5.74) is 4.61. The molecule has 29 heavy (non-hydrogen) atoms. The zero-order valence-corrected chi connectivity index (χ0v) is 18.1. The Morgan fingerprint density at radius 1 is 1.03 bits per heavy atom. The number of hydrogen-bond donors (Lipinski definition) is 2. The minimum atomic E-state index is 0.576. The number of halogens is 1. The molecular formula is C22H27ClN6. The molecule has 0 saturated carbocycles. The Kier molecular flexibility index (Phi) is 7.01. The molecule has 6 nitrogen and oxygen atoms in total. The molecule has 0 fully saturated rings. The lowest BCUT2D eigenvalue weighted by Gasteiger charge is -2.15. The zero-order chi connectivity index (χ0) is 20.8. The SMILES string of the molecule is Cc1ccc(Cl)c(C)c1Nc1cc(-c2ccccn2)nc(NCCCN(C)C)n1. The highest BCUT2D eigenvalue weighted by Crippen LogP contribution is 2.30. The number of nitrogens with one attached hydrogen (secondary N) is 2. The Morgan fingerprint density at radius 3 is 2.59 bits per heavy atom. The van der Waals surface area contributed by atoms with Crippen molar-refractivity contribution in [2.45, 2.75) is 20.3 Å². The summed E-state index contributed by atoms with van der Waals surface area (Å²) < 4.78 is 0. The van der Waals surface area contributed by atoms with Gasteiger partial charge in [-0.2, -0.15) is 4.98 Å². The quantitative estimate of drug-likeness (QED) is 0.514. The normalized spacial score (nSPS) is 11.0. The summed E-state index contributed by atoms with van der Waals surface area (Å²) in [5, 5.41) is 7.48. The van der Waals surface area contributed by atoms with Gasteiger partial charge < -0.3 is 15.5 Å². The first-order valence-electron chi connectivity index (χ1n) is 9.66. The van der Waals surface area contributed by atoms with Gasteiger partial charge in [-0.15, -0.1) is 0 Å². The molecule has 2 heterocycles. The number of pyridine rings is 1. The Hall–Kier alpha value is -2.70. The molecule has 0 saturated heterocycles. The van der Waals surface area contributed by atoms with Gasteiger partial charge >= 0.3 is 0 Å². The van der Waals surface area contributed by atoms with Gasteiger partial charge in [0.25, 0.3) is 0 Å². The minimum Gasteiger partial charge on any atom is -0.354 e. The number of anilines is 3. The predicted octanol–water partition coefficient (Wildman–Crippen LogP) is 4.92. The first-order chi connectivity index (χ1) is 13.9. The van der Waals surface area contributed by atoms with Crippen molar-refractivity contribution in [1.82, 2.24) is 19.9 Å². The van der Waals surface area contributed by atoms with Crippen molar-refractivity contribution < 1.29 is 0 Å². The highest BCUT2D eigenvalue weighted by atomic mass is 35.5. The van der Waals surface area contributed by atoms with Crippen molar-refractivity contribution in [2.75, 3.05) is 37.8 Å². The van der Waals surface area contributed by atoms with E-state index in [1.165, 1.54) is 0 Å². The number of aryl methyl sites for hydroxylation is 1. The molecule has 3 aromatic rings. The fourth-order valence-corrected chi connectivity index (χ4v) is 3.13. The van der Waals surface area contributed by atoms with E-state index in [0.717, 1.165) is 52.7 Å². The van der Waals surface area contributed by atoms with Crippen LogP contribution >= 0.6 is 11.6 Å². The molecule has 0 spiro atoms. The van der Waals surface area contributed by atoms with E-state index in [1.54, 1.807) is 6.20 Å². The van der Waals surface area contributed by atoms with E-state index in [2.05, 4.69) is 44.6 Å². The Bertz CT molecular complexity index is 959. The van der Waals surface area contributed by atoms with Crippen LogP contribution in [0.4, 0.5) is 17.5 Å². The van der Waals surface area contributed by atoms with Crippen molar-refractivity contribution in [3.8, 4) is 11.4 Å². The molecule has 7 heteroatoms. The molecule has 0 bridgehead atoms. The maximum Gasteiger partial charge on any atom is 0.225 e. The molecule has 0 amide bonds. The molecule has 2 aromatic heterocycles. The van der Waals surface area contributed by atoms with Crippen molar-refractivity contribution in [3.05, 3.63) is 58.7 Å². The maximum atomic E-state index is 6.32. The number of hydrogen-bond acceptors (Lipinski definition) is 6. The van der Waals surface area contributed by atoms with Crippen LogP contribution in [0.15, 0.2) is 42.6 Å². The predicted molar refractivity (Wildman–Crippen MR) is 121 cm³/mol. The van der Waals surface area contributed by atoms with E-state index in [-0.39, 0.29) is 0 Å². The van der Waals surface area contributed by atoms with Crippen molar-refractivity contribution >= 4 is 29.1 Å². The van der Waals surface area contributed by atoms with Gasteiger partial charge in [-0.3, -0.25) is 4.98 Å². The molecule has 0 aliphatic rings. The Labute approximate surface area is 177 Å². The van der Waals surface area contributed by atoms with Crippen LogP contribution in [0.2, 0.25) is 5.02 Å². The molecule has 2 N–H and O–H groups in total. The maximum absolute atomic E-state index is 6.32. The van der Waals surface area contributed by atoms with Crippen LogP contribution in [-0.2, 0) is 0 Å². The summed E-state index contributed by atoms with van der Waals surface area (Å²) in [4.78, 5) is 15.9. The molecule has 0 atom stereocenters. The summed E-state index contributed by atoms with van der Waals surface area (Å²) in [6.45, 7) is 5.84. The second kappa shape index (κ2) is 9.67. The lowest BCUT2D eigenvalue weighted by atomic mass is 10.1. The number of aromatic nitrogens is 3. The summed E-state index contributed by atoms with van der Waals surface area (Å²) in [6, 6.07) is 11.6. The number of nitrogens with zero attached hydrogens (tertiary/aromatic N) is 4. The fraction of sp³-hybridized carbons (Fsp3) is 0.318. The third-order valence-corrected chi connectivity index (χ3v) is 4.99. The van der Waals surface area contributed by atoms with E-state index in [0.29, 0.717) is 11.8 Å². The molecule has 0 radical (unpaired) electrons. The second-order valence-corrected chi connectivity index (χ2v) is 7.66. The number of benzene rings is 1. The van der Waals surface area contributed by atoms with Crippen molar-refractivity contribution in [1.29, 1.82) is 0 Å². The topological polar surface area (TPSA) is 66.0 Å². The number of rotatable bonds is 8. The van der Waals surface area contributed by atoms with Gasteiger partial charge in [0.05, 0.1) is 11.4 Å². The third-order valence-electron chi connectivity index (χ3n) is 4.58. The highest BCUT2D eigenvalue weighted by molar-refractivity contribution is 6.31. The van der Waals surface area contributed by atoms with E-state index < -0.39 is 0 Å². The van der Waals surface area contributed by atoms with E-state index in [4.69, 9.17) is 11.6 Å². The average molecular weight is 411 g/mol. The Balaban J connectivity index is 1.91. The van der Waals surface area contributed by atoms with Gasteiger partial charge in [0.15, 0.2) is 0 Å². The van der Waals surface area contributed by atoms with Crippen LogP contribution in [0, 0.1) is 13.8 Å². The van der Waals surface area contributed by atoms with Gasteiger partial charge in [-0.1, -0.05) is 23.7 Å². The van der Waals surface area contributed by atoms with Crippen LogP contribution in [0.3, 0.4) is 0 Å². The molecular weight excluding hydrogens is 384 g/mol. The summed E-state index contributed by atoms with van der Waals surface area (Å²) in [6.07, 6.45) is 2.76. The van der Waals surface area contributed by atoms with Crippen molar-refractivity contribution in [2.24, 2.45) is 0 Å². The van der Waals surface area contributed by atoms with Crippen LogP contribution in [0.25, 0.3) is 11.4 Å². The smallest absolute Gasteiger partial charge is 0.225 e. The van der Waals surface area contributed by atoms with Crippen LogP contribution in [-0.4, -0.2) is 47.0 Å². The van der Waals surface area contributed by atoms with Gasteiger partial charge in [-0.05, 0) is 70.2 Å². The third kappa shape index (κ3) is 5.65. The summed E-state index contributed by atoms with van der Waals surface area (Å²) in [5.74, 6) is 1.27. The zero-order valence-electron chi connectivity index (χ0n) is 17.3. The van der Waals surface area contributed by atoms with Crippen molar-refractivity contribution in [3.63, 3.8) is 0 Å². The van der Waals surface area contributed by atoms with E-state index >= 15 is 0 Å². The standard InChI is InChI=1S/C22H27ClN6/c1-15-9-10-17(23)16(2)21(15)27-20-14-19(18-8-5-6-11-24-18)26-22(28-20)25-12-7-13-29(3)4/h5-6,8-11,14H,7,12-13H2,1-4H3,(H2,25,26,27,28). The minimum absolute atomic E-state index is 0.576. The Morgan fingerprint density at radius 2 is 1.86 bits per heavy atom. The lowest BCUT2D eigenvalue weighted by Crippen LogP contribution is -2.17. The average Bonchev–Trinajstić information content (AvgIpc) is 2.72. The molecule has 3 rings (SSSR count). The molecule has 0 unspecified atom stereocenters. The van der Waals surface area contributed by atoms with Crippen LogP contribution in [0.1, 0.15) is 17.5 Å². The lowest BCUT2D eigenvalue weighted by molar-refractivity contribution is 0.405. The summed E-state index contributed by atoms with van der Waals surface area (Å²) >= 11 is 6.32. The van der Waals surface area contributed by atoms with Crippen LogP contribution < -0.4 is 10.6 Å². The molecule has 1 aromatic carbocycles. The monoisotopic (exact) mass is 410 g/mol. The van der Waals surface area contributed by atoms with Gasteiger partial charge in [0.2, 0.25) is 5.95 Å². The van der Waals surface area contributed by atoms with Gasteiger partial charge in [0.1, 0.15) is 5.82 Å². The van der Waals surface area contributed by atoms with Crippen LogP contribution in [0.5, 0.6) is 0 Å². The van der Waals surface area contributed by atoms with Gasteiger partial charge in [0, 0.05) is 29.5 Å².